The van der Waals surface area contributed by atoms with E-state index < -0.39 is 0 Å². The highest BCUT2D eigenvalue weighted by Crippen LogP contribution is 2.65. The molecule has 114 valence electrons. The summed E-state index contributed by atoms with van der Waals surface area (Å²) in [6.45, 7) is 4.50. The van der Waals surface area contributed by atoms with Crippen LogP contribution in [-0.4, -0.2) is 15.5 Å². The summed E-state index contributed by atoms with van der Waals surface area (Å²) in [5.41, 5.74) is 0.426. The minimum absolute atomic E-state index is 0.0329. The van der Waals surface area contributed by atoms with Crippen LogP contribution in [0.1, 0.15) is 43.5 Å². The van der Waals surface area contributed by atoms with Crippen LogP contribution in [0.4, 0.5) is 4.39 Å². The van der Waals surface area contributed by atoms with Crippen molar-refractivity contribution in [3.05, 3.63) is 34.1 Å². The molecule has 0 amide bonds. The van der Waals surface area contributed by atoms with Crippen molar-refractivity contribution >= 4 is 44.5 Å². The molecule has 5 heteroatoms. The molecule has 0 aromatic heterocycles. The Kier molecular flexibility index (Phi) is 3.88. The lowest BCUT2D eigenvalue weighted by molar-refractivity contribution is -0.00852. The number of esters is 1. The molecule has 0 spiro atoms. The quantitative estimate of drug-likeness (QED) is 0.343. The van der Waals surface area contributed by atoms with E-state index >= 15 is 0 Å². The van der Waals surface area contributed by atoms with Crippen molar-refractivity contribution in [1.29, 1.82) is 0 Å². The molecule has 4 atom stereocenters. The molecule has 0 heterocycles. The third-order valence-electron chi connectivity index (χ3n) is 5.51. The zero-order valence-corrected chi connectivity index (χ0v) is 15.7. The second-order valence-electron chi connectivity index (χ2n) is 6.49. The fourth-order valence-corrected chi connectivity index (χ4v) is 5.35. The van der Waals surface area contributed by atoms with Gasteiger partial charge in [-0.05, 0) is 66.2 Å². The minimum Gasteiger partial charge on any atom is -0.458 e. The van der Waals surface area contributed by atoms with E-state index in [4.69, 9.17) is 4.74 Å². The molecule has 3 rings (SSSR count). The van der Waals surface area contributed by atoms with E-state index in [1.165, 1.54) is 24.6 Å². The largest absolute Gasteiger partial charge is 0.458 e. The van der Waals surface area contributed by atoms with Gasteiger partial charge in [0, 0.05) is 8.84 Å². The van der Waals surface area contributed by atoms with Gasteiger partial charge in [0.15, 0.2) is 0 Å². The average Bonchev–Trinajstić information content (AvgIpc) is 2.75. The van der Waals surface area contributed by atoms with Crippen molar-refractivity contribution in [3.8, 4) is 0 Å². The molecule has 2 bridgehead atoms. The van der Waals surface area contributed by atoms with Gasteiger partial charge < -0.3 is 4.74 Å². The van der Waals surface area contributed by atoms with E-state index in [-0.39, 0.29) is 31.2 Å². The Labute approximate surface area is 146 Å². The zero-order valence-electron chi connectivity index (χ0n) is 12.0. The van der Waals surface area contributed by atoms with Crippen LogP contribution in [0.5, 0.6) is 0 Å². The standard InChI is InChI=1S/C16H17BrFIO2/c1-15-6-5-10(16(15,2)19)8-13(15)21-14(20)9-3-4-12(18)11(17)7-9/h3-4,7,10,13H,5-6,8H2,1-2H3. The van der Waals surface area contributed by atoms with Gasteiger partial charge in [0.1, 0.15) is 11.9 Å². The predicted octanol–water partition coefficient (Wildman–Crippen LogP) is 5.13. The fraction of sp³-hybridized carbons (Fsp3) is 0.562. The monoisotopic (exact) mass is 466 g/mol. The molecule has 21 heavy (non-hydrogen) atoms. The number of hydrogen-bond donors (Lipinski definition) is 0. The topological polar surface area (TPSA) is 26.3 Å². The third-order valence-corrected chi connectivity index (χ3v) is 8.23. The molecule has 2 aliphatic carbocycles. The van der Waals surface area contributed by atoms with E-state index in [9.17, 15) is 9.18 Å². The molecule has 1 aromatic rings. The first kappa shape index (κ1) is 15.7. The molecule has 0 N–H and O–H groups in total. The molecule has 2 aliphatic rings. The van der Waals surface area contributed by atoms with Crippen LogP contribution in [0.15, 0.2) is 22.7 Å². The SMILES string of the molecule is CC1(I)C2CCC1(C)C(OC(=O)c1ccc(F)c(Br)c1)C2. The zero-order chi connectivity index (χ0) is 15.4. The number of ether oxygens (including phenoxy) is 1. The molecule has 0 radical (unpaired) electrons. The number of fused-ring (bicyclic) bond motifs is 2. The Bertz CT molecular complexity index is 604. The molecular weight excluding hydrogens is 450 g/mol. The summed E-state index contributed by atoms with van der Waals surface area (Å²) >= 11 is 5.64. The smallest absolute Gasteiger partial charge is 0.338 e. The Morgan fingerprint density at radius 2 is 2.19 bits per heavy atom. The van der Waals surface area contributed by atoms with Crippen molar-refractivity contribution in [2.75, 3.05) is 0 Å². The van der Waals surface area contributed by atoms with Crippen molar-refractivity contribution in [1.82, 2.24) is 0 Å². The van der Waals surface area contributed by atoms with E-state index in [1.54, 1.807) is 0 Å². The molecule has 0 saturated heterocycles. The third kappa shape index (κ3) is 2.35. The second-order valence-corrected chi connectivity index (χ2v) is 9.58. The molecule has 2 fully saturated rings. The van der Waals surface area contributed by atoms with Crippen molar-refractivity contribution in [2.24, 2.45) is 11.3 Å². The number of carbonyl (C=O) groups is 1. The normalized spacial score (nSPS) is 37.8. The average molecular weight is 467 g/mol. The van der Waals surface area contributed by atoms with Gasteiger partial charge in [0.2, 0.25) is 0 Å². The van der Waals surface area contributed by atoms with E-state index in [2.05, 4.69) is 52.4 Å². The lowest BCUT2D eigenvalue weighted by atomic mass is 9.79. The summed E-state index contributed by atoms with van der Waals surface area (Å²) in [5, 5.41) is 0. The molecule has 1 aromatic carbocycles. The Morgan fingerprint density at radius 3 is 2.71 bits per heavy atom. The number of hydrogen-bond acceptors (Lipinski definition) is 2. The Balaban J connectivity index is 1.79. The maximum atomic E-state index is 13.3. The van der Waals surface area contributed by atoms with Crippen LogP contribution in [-0.2, 0) is 4.74 Å². The van der Waals surface area contributed by atoms with Crippen LogP contribution in [0.2, 0.25) is 0 Å². The Morgan fingerprint density at radius 1 is 1.48 bits per heavy atom. The van der Waals surface area contributed by atoms with Gasteiger partial charge >= 0.3 is 5.97 Å². The summed E-state index contributed by atoms with van der Waals surface area (Å²) in [6, 6.07) is 4.24. The highest BCUT2D eigenvalue weighted by atomic mass is 127. The second kappa shape index (κ2) is 5.18. The summed E-state index contributed by atoms with van der Waals surface area (Å²) in [5.74, 6) is -0.124. The van der Waals surface area contributed by atoms with Crippen molar-refractivity contribution in [2.45, 2.75) is 42.6 Å². The van der Waals surface area contributed by atoms with Crippen LogP contribution in [0.3, 0.4) is 0 Å². The molecular formula is C16H17BrFIO2. The lowest BCUT2D eigenvalue weighted by Crippen LogP contribution is -2.40. The number of benzene rings is 1. The maximum absolute atomic E-state index is 13.3. The first-order chi connectivity index (χ1) is 9.75. The maximum Gasteiger partial charge on any atom is 0.338 e. The number of rotatable bonds is 2. The van der Waals surface area contributed by atoms with Gasteiger partial charge in [-0.15, -0.1) is 0 Å². The number of halogens is 3. The first-order valence-electron chi connectivity index (χ1n) is 7.10. The summed E-state index contributed by atoms with van der Waals surface area (Å²) in [4.78, 5) is 12.3. The molecule has 2 nitrogen and oxygen atoms in total. The first-order valence-corrected chi connectivity index (χ1v) is 8.98. The van der Waals surface area contributed by atoms with Crippen molar-refractivity contribution in [3.63, 3.8) is 0 Å². The molecule has 2 saturated carbocycles. The number of alkyl halides is 1. The predicted molar refractivity (Wildman–Crippen MR) is 91.2 cm³/mol. The lowest BCUT2D eigenvalue weighted by Gasteiger charge is -2.37. The van der Waals surface area contributed by atoms with Crippen LogP contribution in [0.25, 0.3) is 0 Å². The van der Waals surface area contributed by atoms with Crippen molar-refractivity contribution < 1.29 is 13.9 Å². The van der Waals surface area contributed by atoms with Crippen LogP contribution in [0, 0.1) is 17.2 Å². The van der Waals surface area contributed by atoms with Gasteiger partial charge in [-0.1, -0.05) is 29.5 Å². The van der Waals surface area contributed by atoms with Gasteiger partial charge in [-0.25, -0.2) is 9.18 Å². The number of carbonyl (C=O) groups excluding carboxylic acids is 1. The van der Waals surface area contributed by atoms with E-state index in [0.29, 0.717) is 11.5 Å². The highest BCUT2D eigenvalue weighted by molar-refractivity contribution is 14.1. The van der Waals surface area contributed by atoms with E-state index in [1.807, 2.05) is 0 Å². The van der Waals surface area contributed by atoms with E-state index in [0.717, 1.165) is 12.8 Å². The van der Waals surface area contributed by atoms with Crippen LogP contribution >= 0.6 is 38.5 Å². The van der Waals surface area contributed by atoms with Gasteiger partial charge in [0.25, 0.3) is 0 Å². The summed E-state index contributed by atoms with van der Waals surface area (Å²) in [6.07, 6.45) is 3.20. The van der Waals surface area contributed by atoms with Gasteiger partial charge in [-0.2, -0.15) is 0 Å². The van der Waals surface area contributed by atoms with Gasteiger partial charge in [0.05, 0.1) is 10.0 Å². The van der Waals surface area contributed by atoms with Gasteiger partial charge in [-0.3, -0.25) is 0 Å². The van der Waals surface area contributed by atoms with Crippen LogP contribution < -0.4 is 0 Å². The Hall–Kier alpha value is -0.170. The summed E-state index contributed by atoms with van der Waals surface area (Å²) < 4.78 is 19.5. The summed E-state index contributed by atoms with van der Waals surface area (Å²) in [7, 11) is 0. The molecule has 4 unspecified atom stereocenters. The fourth-order valence-electron chi connectivity index (χ4n) is 3.79. The molecule has 0 aliphatic heterocycles. The minimum atomic E-state index is -0.377. The highest BCUT2D eigenvalue weighted by Gasteiger charge is 2.64.